The zero-order valence-corrected chi connectivity index (χ0v) is 17.1. The van der Waals surface area contributed by atoms with Crippen LogP contribution in [0, 0.1) is 0 Å². The fraction of sp³-hybridized carbons (Fsp3) is 0.333. The number of hydrogen-bond acceptors (Lipinski definition) is 4. The molecule has 5 nitrogen and oxygen atoms in total. The van der Waals surface area contributed by atoms with E-state index < -0.39 is 16.1 Å². The summed E-state index contributed by atoms with van der Waals surface area (Å²) in [6.45, 7) is 6.48. The van der Waals surface area contributed by atoms with Crippen LogP contribution < -0.4 is 14.2 Å². The predicted octanol–water partition coefficient (Wildman–Crippen LogP) is 4.83. The van der Waals surface area contributed by atoms with Crippen molar-refractivity contribution in [1.82, 2.24) is 4.72 Å². The summed E-state index contributed by atoms with van der Waals surface area (Å²) in [6.07, 6.45) is 0. The van der Waals surface area contributed by atoms with Gasteiger partial charge in [-0.15, -0.1) is 0 Å². The third-order valence-electron chi connectivity index (χ3n) is 3.58. The minimum absolute atomic E-state index is 0.0607. The fourth-order valence-corrected chi connectivity index (χ4v) is 4.38. The van der Waals surface area contributed by atoms with Gasteiger partial charge in [0.05, 0.1) is 18.2 Å². The molecule has 0 bridgehead atoms. The van der Waals surface area contributed by atoms with Crippen LogP contribution in [-0.4, -0.2) is 21.6 Å². The molecule has 0 aliphatic carbocycles. The summed E-state index contributed by atoms with van der Waals surface area (Å²) in [5.74, 6) is 1.18. The maximum Gasteiger partial charge on any atom is 0.242 e. The van der Waals surface area contributed by atoms with Crippen LogP contribution in [0.4, 0.5) is 0 Å². The lowest BCUT2D eigenvalue weighted by molar-refractivity contribution is 0.287. The molecule has 0 aliphatic heterocycles. The molecule has 0 amide bonds. The maximum absolute atomic E-state index is 12.7. The molecule has 0 heterocycles. The van der Waals surface area contributed by atoms with Gasteiger partial charge in [0.25, 0.3) is 0 Å². The van der Waals surface area contributed by atoms with Gasteiger partial charge in [0.15, 0.2) is 11.5 Å². The molecule has 0 spiro atoms. The Hall–Kier alpha value is -1.47. The van der Waals surface area contributed by atoms with E-state index in [1.807, 2.05) is 13.8 Å². The minimum atomic E-state index is -3.84. The zero-order chi connectivity index (χ0) is 19.3. The molecule has 26 heavy (non-hydrogen) atoms. The minimum Gasteiger partial charge on any atom is -0.490 e. The predicted molar refractivity (Wildman–Crippen MR) is 104 cm³/mol. The summed E-state index contributed by atoms with van der Waals surface area (Å²) in [6, 6.07) is 9.12. The Morgan fingerprint density at radius 2 is 1.65 bits per heavy atom. The van der Waals surface area contributed by atoms with Crippen molar-refractivity contribution < 1.29 is 17.9 Å². The smallest absolute Gasteiger partial charge is 0.242 e. The Kier molecular flexibility index (Phi) is 7.17. The highest BCUT2D eigenvalue weighted by Gasteiger charge is 2.22. The van der Waals surface area contributed by atoms with Gasteiger partial charge in [0, 0.05) is 11.1 Å². The average Bonchev–Trinajstić information content (AvgIpc) is 2.58. The molecule has 142 valence electrons. The Morgan fingerprint density at radius 1 is 1.00 bits per heavy atom. The third-order valence-corrected chi connectivity index (χ3v) is 5.84. The van der Waals surface area contributed by atoms with Crippen molar-refractivity contribution in [3.05, 3.63) is 52.0 Å². The normalized spacial score (nSPS) is 12.7. The van der Waals surface area contributed by atoms with Gasteiger partial charge in [-0.3, -0.25) is 0 Å². The Labute approximate surface area is 164 Å². The van der Waals surface area contributed by atoms with Crippen molar-refractivity contribution in [2.45, 2.75) is 31.7 Å². The van der Waals surface area contributed by atoms with E-state index in [9.17, 15) is 8.42 Å². The molecular formula is C18H21Cl2NO4S. The monoisotopic (exact) mass is 417 g/mol. The molecule has 0 aromatic heterocycles. The summed E-state index contributed by atoms with van der Waals surface area (Å²) in [4.78, 5) is -0.0607. The molecular weight excluding hydrogens is 397 g/mol. The van der Waals surface area contributed by atoms with Gasteiger partial charge in [-0.2, -0.15) is 0 Å². The van der Waals surface area contributed by atoms with E-state index in [2.05, 4.69) is 4.72 Å². The maximum atomic E-state index is 12.7. The van der Waals surface area contributed by atoms with Crippen molar-refractivity contribution in [3.63, 3.8) is 0 Å². The van der Waals surface area contributed by atoms with E-state index in [0.717, 1.165) is 5.56 Å². The standard InChI is InChI=1S/C18H21Cl2NO4S/c1-4-24-16-9-6-13(10-17(16)25-5-2)12(3)21-26(22,23)18-11-14(19)7-8-15(18)20/h6-12,21H,4-5H2,1-3H3/t12-/m1/s1. The second kappa shape index (κ2) is 8.95. The first-order valence-electron chi connectivity index (χ1n) is 8.15. The number of sulfonamides is 1. The Bertz CT molecular complexity index is 871. The quantitative estimate of drug-likeness (QED) is 0.667. The van der Waals surface area contributed by atoms with Gasteiger partial charge in [-0.1, -0.05) is 29.3 Å². The molecule has 1 N–H and O–H groups in total. The van der Waals surface area contributed by atoms with Gasteiger partial charge < -0.3 is 9.47 Å². The summed E-state index contributed by atoms with van der Waals surface area (Å²) in [7, 11) is -3.84. The number of hydrogen-bond donors (Lipinski definition) is 1. The molecule has 0 saturated carbocycles. The highest BCUT2D eigenvalue weighted by Crippen LogP contribution is 2.32. The van der Waals surface area contributed by atoms with Gasteiger partial charge >= 0.3 is 0 Å². The van der Waals surface area contributed by atoms with Gasteiger partial charge in [0.2, 0.25) is 10.0 Å². The third kappa shape index (κ3) is 5.04. The van der Waals surface area contributed by atoms with E-state index in [4.69, 9.17) is 32.7 Å². The SMILES string of the molecule is CCOc1ccc([C@@H](C)NS(=O)(=O)c2cc(Cl)ccc2Cl)cc1OCC. The topological polar surface area (TPSA) is 64.6 Å². The van der Waals surface area contributed by atoms with Crippen LogP contribution in [0.15, 0.2) is 41.3 Å². The van der Waals surface area contributed by atoms with Crippen LogP contribution in [0.2, 0.25) is 10.0 Å². The van der Waals surface area contributed by atoms with Crippen LogP contribution >= 0.6 is 23.2 Å². The zero-order valence-electron chi connectivity index (χ0n) is 14.8. The molecule has 8 heteroatoms. The van der Waals surface area contributed by atoms with Gasteiger partial charge in [-0.25, -0.2) is 13.1 Å². The lowest BCUT2D eigenvalue weighted by Crippen LogP contribution is -2.27. The van der Waals surface area contributed by atoms with E-state index in [1.165, 1.54) is 18.2 Å². The van der Waals surface area contributed by atoms with Crippen LogP contribution in [0.3, 0.4) is 0 Å². The number of benzene rings is 2. The van der Waals surface area contributed by atoms with E-state index in [1.54, 1.807) is 25.1 Å². The Balaban J connectivity index is 2.29. The fourth-order valence-electron chi connectivity index (χ4n) is 2.38. The second-order valence-corrected chi connectivity index (χ2v) is 8.02. The number of ether oxygens (including phenoxy) is 2. The van der Waals surface area contributed by atoms with E-state index in [0.29, 0.717) is 29.7 Å². The van der Waals surface area contributed by atoms with Crippen molar-refractivity contribution in [2.24, 2.45) is 0 Å². The first kappa shape index (κ1) is 20.8. The second-order valence-electron chi connectivity index (χ2n) is 5.49. The molecule has 0 aliphatic rings. The van der Waals surface area contributed by atoms with Crippen molar-refractivity contribution in [1.29, 1.82) is 0 Å². The lowest BCUT2D eigenvalue weighted by Gasteiger charge is -2.18. The summed E-state index contributed by atoms with van der Waals surface area (Å²) in [5.41, 5.74) is 0.735. The first-order chi connectivity index (χ1) is 12.3. The molecule has 0 fully saturated rings. The summed E-state index contributed by atoms with van der Waals surface area (Å²) < 4.78 is 39.0. The van der Waals surface area contributed by atoms with Crippen LogP contribution in [-0.2, 0) is 10.0 Å². The molecule has 2 aromatic carbocycles. The number of nitrogens with one attached hydrogen (secondary N) is 1. The van der Waals surface area contributed by atoms with Crippen LogP contribution in [0.5, 0.6) is 11.5 Å². The summed E-state index contributed by atoms with van der Waals surface area (Å²) in [5, 5.41) is 0.401. The highest BCUT2D eigenvalue weighted by atomic mass is 35.5. The molecule has 1 atom stereocenters. The van der Waals surface area contributed by atoms with Crippen LogP contribution in [0.25, 0.3) is 0 Å². The number of halogens is 2. The molecule has 2 aromatic rings. The Morgan fingerprint density at radius 3 is 2.31 bits per heavy atom. The largest absolute Gasteiger partial charge is 0.490 e. The highest BCUT2D eigenvalue weighted by molar-refractivity contribution is 7.89. The van der Waals surface area contributed by atoms with E-state index in [-0.39, 0.29) is 9.92 Å². The van der Waals surface area contributed by atoms with Gasteiger partial charge in [-0.05, 0) is 56.7 Å². The van der Waals surface area contributed by atoms with E-state index >= 15 is 0 Å². The summed E-state index contributed by atoms with van der Waals surface area (Å²) >= 11 is 11.9. The molecule has 0 unspecified atom stereocenters. The first-order valence-corrected chi connectivity index (χ1v) is 10.4. The van der Waals surface area contributed by atoms with Gasteiger partial charge in [0.1, 0.15) is 4.90 Å². The average molecular weight is 418 g/mol. The van der Waals surface area contributed by atoms with Crippen molar-refractivity contribution in [2.75, 3.05) is 13.2 Å². The number of rotatable bonds is 8. The lowest BCUT2D eigenvalue weighted by atomic mass is 10.1. The molecule has 2 rings (SSSR count). The van der Waals surface area contributed by atoms with Crippen molar-refractivity contribution >= 4 is 33.2 Å². The van der Waals surface area contributed by atoms with Crippen LogP contribution in [0.1, 0.15) is 32.4 Å². The molecule has 0 radical (unpaired) electrons. The van der Waals surface area contributed by atoms with Crippen molar-refractivity contribution in [3.8, 4) is 11.5 Å². The molecule has 0 saturated heterocycles.